The van der Waals surface area contributed by atoms with Gasteiger partial charge in [-0.15, -0.1) is 0 Å². The molecule has 0 atom stereocenters. The Morgan fingerprint density at radius 1 is 1.46 bits per heavy atom. The summed E-state index contributed by atoms with van der Waals surface area (Å²) in [4.78, 5) is 0. The van der Waals surface area contributed by atoms with Gasteiger partial charge in [0, 0.05) is 6.61 Å². The van der Waals surface area contributed by atoms with Crippen LogP contribution >= 0.6 is 22.6 Å². The number of aliphatic hydroxyl groups excluding tert-OH is 1. The van der Waals surface area contributed by atoms with Crippen molar-refractivity contribution in [3.05, 3.63) is 26.8 Å². The van der Waals surface area contributed by atoms with Crippen LogP contribution in [0.5, 0.6) is 5.75 Å². The van der Waals surface area contributed by atoms with Crippen molar-refractivity contribution in [2.45, 2.75) is 13.3 Å². The first kappa shape index (κ1) is 10.8. The van der Waals surface area contributed by atoms with Gasteiger partial charge >= 0.3 is 0 Å². The molecule has 1 aromatic rings. The molecule has 0 aliphatic rings. The summed E-state index contributed by atoms with van der Waals surface area (Å²) in [5.74, 6) is 0.893. The molecule has 0 bridgehead atoms. The molecular weight excluding hydrogens is 279 g/mol. The van der Waals surface area contributed by atoms with Gasteiger partial charge in [-0.3, -0.25) is 0 Å². The smallest absolute Gasteiger partial charge is 0.132 e. The van der Waals surface area contributed by atoms with Gasteiger partial charge in [-0.1, -0.05) is 6.07 Å². The number of benzene rings is 1. The Bertz CT molecular complexity index is 297. The molecule has 2 nitrogen and oxygen atoms in total. The van der Waals surface area contributed by atoms with Crippen LogP contribution in [0.15, 0.2) is 12.1 Å². The number of halogens is 1. The normalized spacial score (nSPS) is 10.2. The van der Waals surface area contributed by atoms with Crippen LogP contribution < -0.4 is 4.74 Å². The summed E-state index contributed by atoms with van der Waals surface area (Å²) in [5.41, 5.74) is 2.32. The summed E-state index contributed by atoms with van der Waals surface area (Å²) in [6.45, 7) is 2.21. The fourth-order valence-corrected chi connectivity index (χ4v) is 2.06. The molecule has 1 N–H and O–H groups in total. The summed E-state index contributed by atoms with van der Waals surface area (Å²) in [6.07, 6.45) is 0.691. The maximum Gasteiger partial charge on any atom is 0.132 e. The van der Waals surface area contributed by atoms with Crippen LogP contribution in [0.2, 0.25) is 0 Å². The molecule has 13 heavy (non-hydrogen) atoms. The molecule has 0 fully saturated rings. The topological polar surface area (TPSA) is 29.5 Å². The van der Waals surface area contributed by atoms with Gasteiger partial charge in [0.2, 0.25) is 0 Å². The Morgan fingerprint density at radius 2 is 2.15 bits per heavy atom. The molecule has 0 aliphatic heterocycles. The summed E-state index contributed by atoms with van der Waals surface area (Å²) in [5, 5.41) is 8.85. The second-order valence-corrected chi connectivity index (χ2v) is 3.99. The molecule has 0 saturated carbocycles. The molecule has 0 saturated heterocycles. The van der Waals surface area contributed by atoms with Crippen LogP contribution in [-0.4, -0.2) is 18.8 Å². The molecule has 0 aromatic heterocycles. The Balaban J connectivity index is 3.11. The lowest BCUT2D eigenvalue weighted by Gasteiger charge is -2.09. The van der Waals surface area contributed by atoms with Gasteiger partial charge in [0.1, 0.15) is 5.75 Å². The van der Waals surface area contributed by atoms with Crippen molar-refractivity contribution in [1.82, 2.24) is 0 Å². The van der Waals surface area contributed by atoms with Crippen molar-refractivity contribution in [2.75, 3.05) is 13.7 Å². The van der Waals surface area contributed by atoms with E-state index in [-0.39, 0.29) is 6.61 Å². The number of aryl methyl sites for hydroxylation is 1. The minimum atomic E-state index is 0.183. The van der Waals surface area contributed by atoms with E-state index in [1.54, 1.807) is 7.11 Å². The van der Waals surface area contributed by atoms with Crippen LogP contribution in [0.4, 0.5) is 0 Å². The molecule has 0 amide bonds. The van der Waals surface area contributed by atoms with Crippen molar-refractivity contribution in [1.29, 1.82) is 0 Å². The average Bonchev–Trinajstić information content (AvgIpc) is 2.11. The molecule has 3 heteroatoms. The maximum atomic E-state index is 8.85. The minimum absolute atomic E-state index is 0.183. The number of rotatable bonds is 3. The van der Waals surface area contributed by atoms with Crippen LogP contribution in [-0.2, 0) is 6.42 Å². The monoisotopic (exact) mass is 292 g/mol. The van der Waals surface area contributed by atoms with Crippen molar-refractivity contribution < 1.29 is 9.84 Å². The molecule has 0 unspecified atom stereocenters. The fraction of sp³-hybridized carbons (Fsp3) is 0.400. The highest BCUT2D eigenvalue weighted by Crippen LogP contribution is 2.26. The standard InChI is InChI=1S/C10H13IO2/c1-7-5-8(3-4-12)10(11)9(6-7)13-2/h5-6,12H,3-4H2,1-2H3. The number of aliphatic hydroxyl groups is 1. The molecular formula is C10H13IO2. The number of hydrogen-bond donors (Lipinski definition) is 1. The van der Waals surface area contributed by atoms with Crippen LogP contribution in [0.25, 0.3) is 0 Å². The zero-order valence-corrected chi connectivity index (χ0v) is 9.96. The first-order chi connectivity index (χ1) is 6.19. The van der Waals surface area contributed by atoms with Crippen LogP contribution in [0, 0.1) is 10.5 Å². The molecule has 1 aromatic carbocycles. The first-order valence-electron chi connectivity index (χ1n) is 4.13. The van der Waals surface area contributed by atoms with Crippen molar-refractivity contribution in [2.24, 2.45) is 0 Å². The molecule has 0 spiro atoms. The van der Waals surface area contributed by atoms with E-state index in [9.17, 15) is 0 Å². The largest absolute Gasteiger partial charge is 0.496 e. The zero-order chi connectivity index (χ0) is 9.84. The number of ether oxygens (including phenoxy) is 1. The molecule has 0 aliphatic carbocycles. The highest BCUT2D eigenvalue weighted by molar-refractivity contribution is 14.1. The van der Waals surface area contributed by atoms with Gasteiger partial charge in [0.15, 0.2) is 0 Å². The zero-order valence-electron chi connectivity index (χ0n) is 7.80. The first-order valence-corrected chi connectivity index (χ1v) is 5.20. The van der Waals surface area contributed by atoms with Gasteiger partial charge in [-0.25, -0.2) is 0 Å². The lowest BCUT2D eigenvalue weighted by atomic mass is 10.1. The van der Waals surface area contributed by atoms with E-state index >= 15 is 0 Å². The lowest BCUT2D eigenvalue weighted by molar-refractivity contribution is 0.299. The summed E-state index contributed by atoms with van der Waals surface area (Å²) >= 11 is 2.24. The molecule has 0 heterocycles. The van der Waals surface area contributed by atoms with E-state index in [0.29, 0.717) is 6.42 Å². The van der Waals surface area contributed by atoms with E-state index in [1.165, 1.54) is 5.56 Å². The fourth-order valence-electron chi connectivity index (χ4n) is 1.26. The third-order valence-corrected chi connectivity index (χ3v) is 3.08. The van der Waals surface area contributed by atoms with E-state index < -0.39 is 0 Å². The predicted octanol–water partition coefficient (Wildman–Crippen LogP) is 2.14. The third-order valence-electron chi connectivity index (χ3n) is 1.86. The quantitative estimate of drug-likeness (QED) is 0.865. The minimum Gasteiger partial charge on any atom is -0.496 e. The number of methoxy groups -OCH3 is 1. The highest BCUT2D eigenvalue weighted by atomic mass is 127. The Kier molecular flexibility index (Phi) is 3.99. The summed E-state index contributed by atoms with van der Waals surface area (Å²) in [6, 6.07) is 4.09. The van der Waals surface area contributed by atoms with Gasteiger partial charge in [0.05, 0.1) is 10.7 Å². The Hall–Kier alpha value is -0.290. The van der Waals surface area contributed by atoms with Gasteiger partial charge < -0.3 is 9.84 Å². The van der Waals surface area contributed by atoms with Gasteiger partial charge in [-0.2, -0.15) is 0 Å². The van der Waals surface area contributed by atoms with Crippen molar-refractivity contribution in [3.8, 4) is 5.75 Å². The average molecular weight is 292 g/mol. The maximum absolute atomic E-state index is 8.85. The summed E-state index contributed by atoms with van der Waals surface area (Å²) in [7, 11) is 1.67. The predicted molar refractivity (Wildman–Crippen MR) is 61.2 cm³/mol. The van der Waals surface area contributed by atoms with E-state index in [4.69, 9.17) is 9.84 Å². The molecule has 0 radical (unpaired) electrons. The SMILES string of the molecule is COc1cc(C)cc(CCO)c1I. The highest BCUT2D eigenvalue weighted by Gasteiger charge is 2.06. The number of hydrogen-bond acceptors (Lipinski definition) is 2. The Morgan fingerprint density at radius 3 is 2.69 bits per heavy atom. The van der Waals surface area contributed by atoms with E-state index in [2.05, 4.69) is 28.7 Å². The second-order valence-electron chi connectivity index (χ2n) is 2.91. The van der Waals surface area contributed by atoms with Gasteiger partial charge in [-0.05, 0) is 53.1 Å². The van der Waals surface area contributed by atoms with Crippen molar-refractivity contribution in [3.63, 3.8) is 0 Å². The van der Waals surface area contributed by atoms with Crippen LogP contribution in [0.3, 0.4) is 0 Å². The Labute approximate surface area is 92.1 Å². The van der Waals surface area contributed by atoms with Crippen LogP contribution in [0.1, 0.15) is 11.1 Å². The van der Waals surface area contributed by atoms with E-state index in [1.807, 2.05) is 13.0 Å². The molecule has 1 rings (SSSR count). The third kappa shape index (κ3) is 2.57. The van der Waals surface area contributed by atoms with Gasteiger partial charge in [0.25, 0.3) is 0 Å². The molecule has 72 valence electrons. The van der Waals surface area contributed by atoms with Crippen molar-refractivity contribution >= 4 is 22.6 Å². The lowest BCUT2D eigenvalue weighted by Crippen LogP contribution is -1.98. The summed E-state index contributed by atoms with van der Waals surface area (Å²) < 4.78 is 6.32. The second kappa shape index (κ2) is 4.81. The van der Waals surface area contributed by atoms with E-state index in [0.717, 1.165) is 14.9 Å².